The molecule has 2 N–H and O–H groups in total. The van der Waals surface area contributed by atoms with Crippen LogP contribution in [0.5, 0.6) is 0 Å². The van der Waals surface area contributed by atoms with Gasteiger partial charge in [-0.05, 0) is 24.8 Å². The molecule has 8 heteroatoms. The number of carboxylic acids is 1. The lowest BCUT2D eigenvalue weighted by Crippen LogP contribution is -2.57. The van der Waals surface area contributed by atoms with E-state index in [0.717, 1.165) is 12.0 Å². The molecule has 0 bridgehead atoms. The van der Waals surface area contributed by atoms with E-state index in [1.807, 2.05) is 30.3 Å². The van der Waals surface area contributed by atoms with Gasteiger partial charge in [0.1, 0.15) is 6.04 Å². The van der Waals surface area contributed by atoms with Crippen molar-refractivity contribution in [2.75, 3.05) is 19.7 Å². The van der Waals surface area contributed by atoms with Crippen molar-refractivity contribution in [3.8, 4) is 0 Å². The van der Waals surface area contributed by atoms with Crippen LogP contribution in [0.25, 0.3) is 0 Å². The molecule has 1 heterocycles. The number of aryl methyl sites for hydroxylation is 1. The molecular weight excluding hydrogens is 364 g/mol. The number of esters is 1. The van der Waals surface area contributed by atoms with Crippen molar-refractivity contribution in [2.45, 2.75) is 44.6 Å². The van der Waals surface area contributed by atoms with Crippen molar-refractivity contribution >= 4 is 23.8 Å². The second-order valence-electron chi connectivity index (χ2n) is 6.65. The lowest BCUT2D eigenvalue weighted by molar-refractivity contribution is -0.152. The molecule has 1 aliphatic rings. The number of benzene rings is 1. The van der Waals surface area contributed by atoms with E-state index in [2.05, 4.69) is 5.32 Å². The highest BCUT2D eigenvalue weighted by Gasteiger charge is 2.34. The SMILES string of the molecule is O=C(O)CCCC(=O)N1CCNC(=O)[C@H]1CC(=O)OCCCc1ccccc1. The fraction of sp³-hybridized carbons (Fsp3) is 0.500. The van der Waals surface area contributed by atoms with Crippen LogP contribution in [0.2, 0.25) is 0 Å². The maximum Gasteiger partial charge on any atom is 0.308 e. The number of nitrogens with zero attached hydrogens (tertiary/aromatic N) is 1. The fourth-order valence-corrected chi connectivity index (χ4v) is 3.07. The van der Waals surface area contributed by atoms with Gasteiger partial charge in [-0.1, -0.05) is 30.3 Å². The first-order valence-corrected chi connectivity index (χ1v) is 9.46. The first kappa shape index (κ1) is 21.4. The molecule has 8 nitrogen and oxygen atoms in total. The van der Waals surface area contributed by atoms with Crippen LogP contribution in [0.1, 0.15) is 37.7 Å². The van der Waals surface area contributed by atoms with Gasteiger partial charge in [-0.3, -0.25) is 19.2 Å². The third kappa shape index (κ3) is 7.02. The van der Waals surface area contributed by atoms with E-state index in [1.54, 1.807) is 0 Å². The number of hydrogen-bond acceptors (Lipinski definition) is 5. The van der Waals surface area contributed by atoms with Gasteiger partial charge in [-0.2, -0.15) is 0 Å². The minimum Gasteiger partial charge on any atom is -0.481 e. The molecule has 0 unspecified atom stereocenters. The van der Waals surface area contributed by atoms with Gasteiger partial charge in [0.25, 0.3) is 0 Å². The smallest absolute Gasteiger partial charge is 0.308 e. The van der Waals surface area contributed by atoms with Crippen LogP contribution in [0.3, 0.4) is 0 Å². The Morgan fingerprint density at radius 3 is 2.61 bits per heavy atom. The monoisotopic (exact) mass is 390 g/mol. The first-order chi connectivity index (χ1) is 13.5. The standard InChI is InChI=1S/C20H26N2O6/c23-17(9-4-10-18(24)25)22-12-11-21-20(27)16(22)14-19(26)28-13-5-8-15-6-2-1-3-7-15/h1-3,6-7,16H,4-5,8-14H2,(H,21,27)(H,24,25)/t16-/m1/s1. The van der Waals surface area contributed by atoms with Crippen LogP contribution in [0.4, 0.5) is 0 Å². The molecule has 0 saturated carbocycles. The van der Waals surface area contributed by atoms with E-state index in [0.29, 0.717) is 19.5 Å². The van der Waals surface area contributed by atoms with Crippen LogP contribution in [0, 0.1) is 0 Å². The summed E-state index contributed by atoms with van der Waals surface area (Å²) >= 11 is 0. The van der Waals surface area contributed by atoms with E-state index in [-0.39, 0.29) is 44.1 Å². The van der Waals surface area contributed by atoms with Gasteiger partial charge in [0.2, 0.25) is 11.8 Å². The summed E-state index contributed by atoms with van der Waals surface area (Å²) in [5.74, 6) is -2.21. The summed E-state index contributed by atoms with van der Waals surface area (Å²) in [5.41, 5.74) is 1.16. The highest BCUT2D eigenvalue weighted by molar-refractivity contribution is 5.92. The Labute approximate surface area is 163 Å². The number of carboxylic acid groups (broad SMARTS) is 1. The van der Waals surface area contributed by atoms with Crippen molar-refractivity contribution < 1.29 is 29.0 Å². The van der Waals surface area contributed by atoms with E-state index in [1.165, 1.54) is 4.90 Å². The first-order valence-electron chi connectivity index (χ1n) is 9.46. The Hall–Kier alpha value is -2.90. The number of hydrogen-bond donors (Lipinski definition) is 2. The predicted molar refractivity (Wildman–Crippen MR) is 100 cm³/mol. The van der Waals surface area contributed by atoms with E-state index >= 15 is 0 Å². The van der Waals surface area contributed by atoms with Crippen LogP contribution in [0.15, 0.2) is 30.3 Å². The van der Waals surface area contributed by atoms with E-state index in [4.69, 9.17) is 9.84 Å². The Morgan fingerprint density at radius 2 is 1.89 bits per heavy atom. The van der Waals surface area contributed by atoms with Gasteiger partial charge >= 0.3 is 11.9 Å². The summed E-state index contributed by atoms with van der Waals surface area (Å²) in [5, 5.41) is 11.3. The van der Waals surface area contributed by atoms with Crippen molar-refractivity contribution in [3.05, 3.63) is 35.9 Å². The molecule has 2 rings (SSSR count). The van der Waals surface area contributed by atoms with Crippen molar-refractivity contribution in [1.29, 1.82) is 0 Å². The number of piperazine rings is 1. The fourth-order valence-electron chi connectivity index (χ4n) is 3.07. The molecule has 1 atom stereocenters. The molecule has 0 radical (unpaired) electrons. The number of carbonyl (C=O) groups is 4. The molecule has 1 aromatic carbocycles. The molecular formula is C20H26N2O6. The molecule has 1 aliphatic heterocycles. The molecule has 0 aromatic heterocycles. The normalized spacial score (nSPS) is 16.4. The number of nitrogens with one attached hydrogen (secondary N) is 1. The molecule has 0 aliphatic carbocycles. The molecule has 0 spiro atoms. The summed E-state index contributed by atoms with van der Waals surface area (Å²) in [6.45, 7) is 0.852. The largest absolute Gasteiger partial charge is 0.481 e. The molecule has 1 fully saturated rings. The summed E-state index contributed by atoms with van der Waals surface area (Å²) in [6.07, 6.45) is 1.36. The molecule has 152 valence electrons. The minimum atomic E-state index is -0.972. The Kier molecular flexibility index (Phi) is 8.45. The van der Waals surface area contributed by atoms with Gasteiger partial charge in [-0.15, -0.1) is 0 Å². The second-order valence-corrected chi connectivity index (χ2v) is 6.65. The minimum absolute atomic E-state index is 0.0300. The summed E-state index contributed by atoms with van der Waals surface area (Å²) in [6, 6.07) is 8.93. The highest BCUT2D eigenvalue weighted by Crippen LogP contribution is 2.13. The van der Waals surface area contributed by atoms with E-state index < -0.39 is 18.0 Å². The van der Waals surface area contributed by atoms with E-state index in [9.17, 15) is 19.2 Å². The van der Waals surface area contributed by atoms with Crippen LogP contribution >= 0.6 is 0 Å². The Bertz CT molecular complexity index is 691. The van der Waals surface area contributed by atoms with Gasteiger partial charge in [0.15, 0.2) is 0 Å². The van der Waals surface area contributed by atoms with Gasteiger partial charge in [-0.25, -0.2) is 0 Å². The zero-order valence-corrected chi connectivity index (χ0v) is 15.8. The average Bonchev–Trinajstić information content (AvgIpc) is 2.67. The number of aliphatic carboxylic acids is 1. The summed E-state index contributed by atoms with van der Waals surface area (Å²) < 4.78 is 5.22. The average molecular weight is 390 g/mol. The quantitative estimate of drug-likeness (QED) is 0.457. The number of ether oxygens (including phenoxy) is 1. The molecule has 2 amide bonds. The van der Waals surface area contributed by atoms with Crippen LogP contribution < -0.4 is 5.32 Å². The zero-order valence-electron chi connectivity index (χ0n) is 15.8. The Morgan fingerprint density at radius 1 is 1.14 bits per heavy atom. The topological polar surface area (TPSA) is 113 Å². The molecule has 1 saturated heterocycles. The third-order valence-corrected chi connectivity index (χ3v) is 4.51. The number of carbonyl (C=O) groups excluding carboxylic acids is 3. The van der Waals surface area contributed by atoms with Crippen molar-refractivity contribution in [3.63, 3.8) is 0 Å². The van der Waals surface area contributed by atoms with Gasteiger partial charge < -0.3 is 20.1 Å². The number of rotatable bonds is 10. The maximum atomic E-state index is 12.3. The lowest BCUT2D eigenvalue weighted by atomic mass is 10.1. The van der Waals surface area contributed by atoms with Crippen LogP contribution in [-0.4, -0.2) is 59.5 Å². The third-order valence-electron chi connectivity index (χ3n) is 4.51. The van der Waals surface area contributed by atoms with Crippen molar-refractivity contribution in [2.24, 2.45) is 0 Å². The predicted octanol–water partition coefficient (Wildman–Crippen LogP) is 1.13. The maximum absolute atomic E-state index is 12.3. The zero-order chi connectivity index (χ0) is 20.4. The lowest BCUT2D eigenvalue weighted by Gasteiger charge is -2.34. The molecule has 1 aromatic rings. The molecule has 28 heavy (non-hydrogen) atoms. The van der Waals surface area contributed by atoms with Crippen LogP contribution in [-0.2, 0) is 30.3 Å². The van der Waals surface area contributed by atoms with Crippen molar-refractivity contribution in [1.82, 2.24) is 10.2 Å². The number of amides is 2. The van der Waals surface area contributed by atoms with Gasteiger partial charge in [0, 0.05) is 25.9 Å². The summed E-state index contributed by atoms with van der Waals surface area (Å²) in [4.78, 5) is 48.5. The Balaban J connectivity index is 1.78. The summed E-state index contributed by atoms with van der Waals surface area (Å²) in [7, 11) is 0. The highest BCUT2D eigenvalue weighted by atomic mass is 16.5. The second kappa shape index (κ2) is 11.1. The van der Waals surface area contributed by atoms with Gasteiger partial charge in [0.05, 0.1) is 13.0 Å².